The molecule has 3 aromatic carbocycles. The van der Waals surface area contributed by atoms with Gasteiger partial charge in [-0.25, -0.2) is 4.68 Å². The van der Waals surface area contributed by atoms with Crippen molar-refractivity contribution in [2.75, 3.05) is 24.9 Å². The van der Waals surface area contributed by atoms with Crippen molar-refractivity contribution < 1.29 is 14.3 Å². The maximum absolute atomic E-state index is 13.7. The highest BCUT2D eigenvalue weighted by Gasteiger charge is 2.34. The molecule has 0 aliphatic carbocycles. The van der Waals surface area contributed by atoms with E-state index in [1.54, 1.807) is 43.2 Å². The summed E-state index contributed by atoms with van der Waals surface area (Å²) in [7, 11) is 3.22. The third-order valence-corrected chi connectivity index (χ3v) is 7.28. The van der Waals surface area contributed by atoms with Crippen molar-refractivity contribution in [1.82, 2.24) is 14.8 Å². The summed E-state index contributed by atoms with van der Waals surface area (Å²) < 4.78 is 12.5. The van der Waals surface area contributed by atoms with Crippen LogP contribution in [0.25, 0.3) is 0 Å². The van der Waals surface area contributed by atoms with E-state index in [0.29, 0.717) is 44.6 Å². The Balaban J connectivity index is 1.48. The fourth-order valence-electron chi connectivity index (χ4n) is 4.29. The molecule has 1 aromatic heterocycles. The fourth-order valence-corrected chi connectivity index (χ4v) is 5.19. The number of nitrogens with one attached hydrogen (secondary N) is 2. The van der Waals surface area contributed by atoms with E-state index in [1.807, 2.05) is 55.5 Å². The number of thioether (sulfide) groups is 1. The summed E-state index contributed by atoms with van der Waals surface area (Å²) in [5, 5.41) is 12.3. The number of hydrogen-bond acceptors (Lipinski definition) is 7. The molecule has 0 radical (unpaired) electrons. The maximum atomic E-state index is 13.7. The highest BCUT2D eigenvalue weighted by Crippen LogP contribution is 2.38. The quantitative estimate of drug-likeness (QED) is 0.255. The minimum absolute atomic E-state index is 0.272. The minimum Gasteiger partial charge on any atom is -0.497 e. The lowest BCUT2D eigenvalue weighted by molar-refractivity contribution is -0.113. The number of carbonyl (C=O) groups is 1. The third kappa shape index (κ3) is 5.34. The van der Waals surface area contributed by atoms with Crippen molar-refractivity contribution in [3.63, 3.8) is 0 Å². The first-order valence-corrected chi connectivity index (χ1v) is 13.2. The number of benzene rings is 3. The second-order valence-electron chi connectivity index (χ2n) is 8.57. The zero-order valence-corrected chi connectivity index (χ0v) is 22.6. The van der Waals surface area contributed by atoms with E-state index < -0.39 is 6.04 Å². The Morgan fingerprint density at radius 1 is 1.08 bits per heavy atom. The number of carbonyl (C=O) groups excluding carboxylic acids is 1. The molecule has 194 valence electrons. The molecule has 0 bridgehead atoms. The number of amides is 1. The molecule has 1 aliphatic heterocycles. The van der Waals surface area contributed by atoms with Crippen molar-refractivity contribution in [2.24, 2.45) is 0 Å². The number of nitrogens with zero attached hydrogens (tertiary/aromatic N) is 3. The molecule has 1 amide bonds. The zero-order chi connectivity index (χ0) is 26.6. The number of hydrogen-bond donors (Lipinski definition) is 2. The summed E-state index contributed by atoms with van der Waals surface area (Å²) >= 11 is 7.69. The predicted octanol–water partition coefficient (Wildman–Crippen LogP) is 6.17. The molecule has 1 aliphatic rings. The Hall–Kier alpha value is -3.95. The number of allylic oxidation sites excluding steroid dienone is 1. The van der Waals surface area contributed by atoms with Gasteiger partial charge in [0.2, 0.25) is 11.1 Å². The molecule has 0 unspecified atom stereocenters. The van der Waals surface area contributed by atoms with E-state index >= 15 is 0 Å². The molecule has 4 aromatic rings. The monoisotopic (exact) mass is 547 g/mol. The predicted molar refractivity (Wildman–Crippen MR) is 150 cm³/mol. The van der Waals surface area contributed by atoms with Gasteiger partial charge in [-0.05, 0) is 54.4 Å². The zero-order valence-electron chi connectivity index (χ0n) is 21.1. The molecule has 8 nitrogen and oxygen atoms in total. The van der Waals surface area contributed by atoms with E-state index in [0.717, 1.165) is 16.9 Å². The molecule has 0 fully saturated rings. The van der Waals surface area contributed by atoms with Crippen molar-refractivity contribution in [3.8, 4) is 11.5 Å². The molecule has 0 saturated heterocycles. The van der Waals surface area contributed by atoms with Crippen LogP contribution in [0.1, 0.15) is 24.1 Å². The molecule has 2 heterocycles. The van der Waals surface area contributed by atoms with Crippen LogP contribution in [-0.2, 0) is 10.5 Å². The SMILES string of the molecule is COc1cccc(CSc2nc3n(n2)[C@H](c2ccc(Cl)cc2)C(C(=O)Nc2ccccc2OC)=C(C)N3)c1. The number of halogens is 1. The van der Waals surface area contributed by atoms with Crippen LogP contribution >= 0.6 is 23.4 Å². The molecule has 2 N–H and O–H groups in total. The molecule has 0 saturated carbocycles. The van der Waals surface area contributed by atoms with Gasteiger partial charge in [0.05, 0.1) is 25.5 Å². The van der Waals surface area contributed by atoms with Crippen molar-refractivity contribution >= 4 is 40.9 Å². The van der Waals surface area contributed by atoms with Gasteiger partial charge in [-0.1, -0.05) is 59.8 Å². The van der Waals surface area contributed by atoms with Crippen LogP contribution in [0.3, 0.4) is 0 Å². The highest BCUT2D eigenvalue weighted by molar-refractivity contribution is 7.98. The average molecular weight is 548 g/mol. The second kappa shape index (κ2) is 11.2. The van der Waals surface area contributed by atoms with E-state index in [1.165, 1.54) is 11.8 Å². The average Bonchev–Trinajstić information content (AvgIpc) is 3.34. The first-order chi connectivity index (χ1) is 18.5. The van der Waals surface area contributed by atoms with Crippen molar-refractivity contribution in [2.45, 2.75) is 23.9 Å². The van der Waals surface area contributed by atoms with Crippen LogP contribution in [0.2, 0.25) is 5.02 Å². The lowest BCUT2D eigenvalue weighted by Crippen LogP contribution is -2.31. The van der Waals surface area contributed by atoms with E-state index in [9.17, 15) is 4.79 Å². The summed E-state index contributed by atoms with van der Waals surface area (Å²) in [6.07, 6.45) is 0. The summed E-state index contributed by atoms with van der Waals surface area (Å²) in [5.74, 6) is 2.33. The Kier molecular flexibility index (Phi) is 7.57. The molecule has 38 heavy (non-hydrogen) atoms. The van der Waals surface area contributed by atoms with Crippen LogP contribution in [0.5, 0.6) is 11.5 Å². The topological polar surface area (TPSA) is 90.3 Å². The Morgan fingerprint density at radius 2 is 1.87 bits per heavy atom. The van der Waals surface area contributed by atoms with Gasteiger partial charge in [-0.15, -0.1) is 5.10 Å². The molecule has 1 atom stereocenters. The molecular formula is C28H26ClN5O3S. The summed E-state index contributed by atoms with van der Waals surface area (Å²) in [6.45, 7) is 1.86. The number of methoxy groups -OCH3 is 2. The van der Waals surface area contributed by atoms with Gasteiger partial charge < -0.3 is 20.1 Å². The van der Waals surface area contributed by atoms with E-state index in [4.69, 9.17) is 31.2 Å². The standard InChI is InChI=1S/C28H26ClN5O3S/c1-17-24(26(35)31-22-9-4-5-10-23(22)37-3)25(19-11-13-20(29)14-12-19)34-27(30-17)32-28(33-34)38-16-18-7-6-8-21(15-18)36-2/h4-15,25H,16H2,1-3H3,(H,31,35)(H,30,32,33)/t25-/m1/s1. The highest BCUT2D eigenvalue weighted by atomic mass is 35.5. The first kappa shape index (κ1) is 25.7. The van der Waals surface area contributed by atoms with Gasteiger partial charge in [0.25, 0.3) is 5.91 Å². The van der Waals surface area contributed by atoms with Crippen LogP contribution in [0, 0.1) is 0 Å². The fraction of sp³-hybridized carbons (Fsp3) is 0.179. The molecular weight excluding hydrogens is 522 g/mol. The summed E-state index contributed by atoms with van der Waals surface area (Å²) in [6, 6.07) is 22.1. The molecule has 10 heteroatoms. The number of aromatic nitrogens is 3. The van der Waals surface area contributed by atoms with Crippen molar-refractivity contribution in [3.05, 3.63) is 100 Å². The van der Waals surface area contributed by atoms with Crippen molar-refractivity contribution in [1.29, 1.82) is 0 Å². The van der Waals surface area contributed by atoms with Gasteiger partial charge in [0.1, 0.15) is 17.5 Å². The maximum Gasteiger partial charge on any atom is 0.255 e. The number of ether oxygens (including phenoxy) is 2. The smallest absolute Gasteiger partial charge is 0.255 e. The van der Waals surface area contributed by atoms with Gasteiger partial charge >= 0.3 is 0 Å². The Labute approximate surface area is 230 Å². The third-order valence-electron chi connectivity index (χ3n) is 6.12. The van der Waals surface area contributed by atoms with Crippen LogP contribution in [0.15, 0.2) is 89.2 Å². The number of para-hydroxylation sites is 2. The van der Waals surface area contributed by atoms with Gasteiger partial charge in [-0.2, -0.15) is 4.98 Å². The Bertz CT molecular complexity index is 1500. The van der Waals surface area contributed by atoms with Gasteiger partial charge in [0, 0.05) is 16.5 Å². The van der Waals surface area contributed by atoms with E-state index in [2.05, 4.69) is 10.6 Å². The molecule has 0 spiro atoms. The lowest BCUT2D eigenvalue weighted by Gasteiger charge is -2.28. The number of fused-ring (bicyclic) bond motifs is 1. The largest absolute Gasteiger partial charge is 0.497 e. The summed E-state index contributed by atoms with van der Waals surface area (Å²) in [4.78, 5) is 18.4. The number of rotatable bonds is 8. The van der Waals surface area contributed by atoms with Gasteiger partial charge in [-0.3, -0.25) is 4.79 Å². The van der Waals surface area contributed by atoms with Crippen LogP contribution in [0.4, 0.5) is 11.6 Å². The second-order valence-corrected chi connectivity index (χ2v) is 9.95. The lowest BCUT2D eigenvalue weighted by atomic mass is 9.95. The number of anilines is 2. The molecule has 5 rings (SSSR count). The van der Waals surface area contributed by atoms with E-state index in [-0.39, 0.29) is 5.91 Å². The van der Waals surface area contributed by atoms with Crippen LogP contribution < -0.4 is 20.1 Å². The first-order valence-electron chi connectivity index (χ1n) is 11.9. The minimum atomic E-state index is -0.517. The summed E-state index contributed by atoms with van der Waals surface area (Å²) in [5.41, 5.74) is 3.72. The normalized spacial score (nSPS) is 14.5. The van der Waals surface area contributed by atoms with Crippen LogP contribution in [-0.4, -0.2) is 34.9 Å². The Morgan fingerprint density at radius 3 is 2.63 bits per heavy atom. The van der Waals surface area contributed by atoms with Gasteiger partial charge in [0.15, 0.2) is 0 Å².